The summed E-state index contributed by atoms with van der Waals surface area (Å²) in [7, 11) is 1.29. The third-order valence-corrected chi connectivity index (χ3v) is 6.05. The van der Waals surface area contributed by atoms with Crippen LogP contribution in [-0.2, 0) is 9.53 Å². The van der Waals surface area contributed by atoms with Gasteiger partial charge in [-0.15, -0.1) is 0 Å². The molecule has 0 atom stereocenters. The average Bonchev–Trinajstić information content (AvgIpc) is 3.42. The maximum Gasteiger partial charge on any atom is 0.337 e. The number of carbonyl (C=O) groups excluding carboxylic acids is 2. The molecule has 0 bridgehead atoms. The number of fused-ring (bicyclic) bond motifs is 1. The minimum atomic E-state index is -0.502. The molecule has 5 aromatic rings. The second kappa shape index (κ2) is 10.6. The van der Waals surface area contributed by atoms with E-state index < -0.39 is 17.4 Å². The number of hydrogen-bond acceptors (Lipinski definition) is 7. The van der Waals surface area contributed by atoms with Crippen molar-refractivity contribution in [2.75, 3.05) is 24.3 Å². The lowest BCUT2D eigenvalue weighted by Gasteiger charge is -2.13. The molecule has 0 saturated carbocycles. The molecule has 4 N–H and O–H groups in total. The van der Waals surface area contributed by atoms with E-state index in [1.54, 1.807) is 36.5 Å². The Balaban J connectivity index is 1.41. The summed E-state index contributed by atoms with van der Waals surface area (Å²) in [6.07, 6.45) is 1.65. The van der Waals surface area contributed by atoms with E-state index in [0.29, 0.717) is 38.7 Å². The second-order valence-electron chi connectivity index (χ2n) is 8.27. The Labute approximate surface area is 221 Å². The van der Waals surface area contributed by atoms with Crippen LogP contribution in [0.1, 0.15) is 10.4 Å². The smallest absolute Gasteiger partial charge is 0.337 e. The van der Waals surface area contributed by atoms with Crippen LogP contribution in [0.4, 0.5) is 11.5 Å². The maximum absolute atomic E-state index is 13.0. The zero-order chi connectivity index (χ0) is 26.6. The molecule has 0 saturated heterocycles. The molecule has 0 unspecified atom stereocenters. The summed E-state index contributed by atoms with van der Waals surface area (Å²) in [6.45, 7) is -0.213. The number of aromatic amines is 2. The zero-order valence-corrected chi connectivity index (χ0v) is 20.8. The normalized spacial score (nSPS) is 10.8. The molecule has 1 amide bonds. The number of amides is 1. The fraction of sp³-hybridized carbons (Fsp3) is 0.0741. The van der Waals surface area contributed by atoms with E-state index in [4.69, 9.17) is 11.6 Å². The van der Waals surface area contributed by atoms with Gasteiger partial charge in [0.05, 0.1) is 47.3 Å². The number of carbonyl (C=O) groups is 2. The van der Waals surface area contributed by atoms with Gasteiger partial charge in [0.15, 0.2) is 5.82 Å². The van der Waals surface area contributed by atoms with Crippen LogP contribution in [0.2, 0.25) is 5.02 Å². The largest absolute Gasteiger partial charge is 0.465 e. The van der Waals surface area contributed by atoms with E-state index in [0.717, 1.165) is 10.9 Å². The number of methoxy groups -OCH3 is 1. The monoisotopic (exact) mass is 528 g/mol. The van der Waals surface area contributed by atoms with Gasteiger partial charge in [0.1, 0.15) is 0 Å². The third-order valence-electron chi connectivity index (χ3n) is 5.76. The first-order valence-electron chi connectivity index (χ1n) is 11.5. The van der Waals surface area contributed by atoms with Gasteiger partial charge in [-0.05, 0) is 36.4 Å². The number of halogens is 1. The van der Waals surface area contributed by atoms with Crippen LogP contribution in [0.3, 0.4) is 0 Å². The minimum absolute atomic E-state index is 0.0146. The quantitative estimate of drug-likeness (QED) is 0.228. The summed E-state index contributed by atoms with van der Waals surface area (Å²) >= 11 is 6.44. The van der Waals surface area contributed by atoms with Crippen LogP contribution < -0.4 is 16.2 Å². The number of esters is 1. The van der Waals surface area contributed by atoms with E-state index in [-0.39, 0.29) is 12.4 Å². The van der Waals surface area contributed by atoms with Crippen molar-refractivity contribution in [3.8, 4) is 22.5 Å². The molecule has 2 aromatic heterocycles. The number of hydrogen-bond donors (Lipinski definition) is 4. The first-order valence-corrected chi connectivity index (χ1v) is 11.9. The molecule has 11 heteroatoms. The predicted octanol–water partition coefficient (Wildman–Crippen LogP) is 4.47. The minimum Gasteiger partial charge on any atom is -0.465 e. The molecule has 190 valence electrons. The van der Waals surface area contributed by atoms with Crippen LogP contribution in [-0.4, -0.2) is 45.7 Å². The van der Waals surface area contributed by atoms with Crippen LogP contribution in [0, 0.1) is 0 Å². The van der Waals surface area contributed by atoms with E-state index in [2.05, 4.69) is 35.5 Å². The van der Waals surface area contributed by atoms with Crippen molar-refractivity contribution in [2.24, 2.45) is 0 Å². The van der Waals surface area contributed by atoms with Gasteiger partial charge >= 0.3 is 5.97 Å². The van der Waals surface area contributed by atoms with Crippen LogP contribution >= 0.6 is 11.6 Å². The van der Waals surface area contributed by atoms with Gasteiger partial charge in [-0.1, -0.05) is 41.9 Å². The lowest BCUT2D eigenvalue weighted by atomic mass is 10.0. The SMILES string of the molecule is COC(=O)c1ccc(NC(=O)CNc2nc(-c3ccccc3)c(-c3cc(Cl)c4[nH]ncc4c3)[nH]c2=O)cc1. The lowest BCUT2D eigenvalue weighted by molar-refractivity contribution is -0.114. The summed E-state index contributed by atoms with van der Waals surface area (Å²) in [4.78, 5) is 44.6. The first-order chi connectivity index (χ1) is 18.4. The molecule has 0 spiro atoms. The van der Waals surface area contributed by atoms with Gasteiger partial charge in [-0.2, -0.15) is 5.10 Å². The number of H-pyrrole nitrogens is 2. The van der Waals surface area contributed by atoms with Gasteiger partial charge in [0, 0.05) is 22.2 Å². The van der Waals surface area contributed by atoms with Crippen molar-refractivity contribution >= 4 is 45.9 Å². The van der Waals surface area contributed by atoms with Crippen molar-refractivity contribution in [2.45, 2.75) is 0 Å². The lowest BCUT2D eigenvalue weighted by Crippen LogP contribution is -2.26. The standard InChI is InChI=1S/C27H21ClN6O4/c1-38-27(37)16-7-9-19(10-8-16)31-21(35)14-29-25-26(36)33-24(23(32-25)15-5-3-2-4-6-15)17-11-18-13-30-34-22(18)20(28)12-17/h2-13H,14H2,1H3,(H,29,32)(H,30,34)(H,31,35)(H,33,36). The molecule has 2 heterocycles. The Kier molecular flexibility index (Phi) is 6.88. The van der Waals surface area contributed by atoms with Gasteiger partial charge in [0.2, 0.25) is 5.91 Å². The van der Waals surface area contributed by atoms with Gasteiger partial charge in [-0.3, -0.25) is 14.7 Å². The van der Waals surface area contributed by atoms with E-state index in [1.165, 1.54) is 7.11 Å². The van der Waals surface area contributed by atoms with Crippen molar-refractivity contribution in [3.05, 3.63) is 93.9 Å². The number of anilines is 2. The Morgan fingerprint density at radius 3 is 2.53 bits per heavy atom. The number of nitrogens with zero attached hydrogens (tertiary/aromatic N) is 2. The van der Waals surface area contributed by atoms with Crippen molar-refractivity contribution in [3.63, 3.8) is 0 Å². The molecule has 0 fully saturated rings. The van der Waals surface area contributed by atoms with Crippen molar-refractivity contribution in [1.29, 1.82) is 0 Å². The number of nitrogens with one attached hydrogen (secondary N) is 4. The van der Waals surface area contributed by atoms with E-state index in [1.807, 2.05) is 36.4 Å². The number of aromatic nitrogens is 4. The van der Waals surface area contributed by atoms with E-state index in [9.17, 15) is 14.4 Å². The summed E-state index contributed by atoms with van der Waals surface area (Å²) in [5.41, 5.74) is 3.44. The van der Waals surface area contributed by atoms with Gasteiger partial charge < -0.3 is 20.4 Å². The van der Waals surface area contributed by atoms with Gasteiger partial charge in [-0.25, -0.2) is 9.78 Å². The number of rotatable bonds is 7. The molecule has 0 aliphatic carbocycles. The van der Waals surface area contributed by atoms with E-state index >= 15 is 0 Å². The second-order valence-corrected chi connectivity index (χ2v) is 8.67. The fourth-order valence-electron chi connectivity index (χ4n) is 3.92. The Bertz CT molecular complexity index is 1700. The zero-order valence-electron chi connectivity index (χ0n) is 20.0. The highest BCUT2D eigenvalue weighted by Gasteiger charge is 2.17. The van der Waals surface area contributed by atoms with Gasteiger partial charge in [0.25, 0.3) is 5.56 Å². The number of benzene rings is 3. The first kappa shape index (κ1) is 24.7. The highest BCUT2D eigenvalue weighted by molar-refractivity contribution is 6.35. The Morgan fingerprint density at radius 2 is 1.79 bits per heavy atom. The van der Waals surface area contributed by atoms with Crippen LogP contribution in [0.15, 0.2) is 77.7 Å². The highest BCUT2D eigenvalue weighted by atomic mass is 35.5. The molecule has 0 aliphatic heterocycles. The molecule has 3 aromatic carbocycles. The molecule has 0 aliphatic rings. The number of ether oxygens (including phenoxy) is 1. The third kappa shape index (κ3) is 5.11. The van der Waals surface area contributed by atoms with Crippen LogP contribution in [0.5, 0.6) is 0 Å². The Morgan fingerprint density at radius 1 is 1.03 bits per heavy atom. The molecule has 38 heavy (non-hydrogen) atoms. The fourth-order valence-corrected chi connectivity index (χ4v) is 4.19. The summed E-state index contributed by atoms with van der Waals surface area (Å²) < 4.78 is 4.67. The Hall–Kier alpha value is -4.96. The van der Waals surface area contributed by atoms with Crippen molar-refractivity contribution < 1.29 is 14.3 Å². The summed E-state index contributed by atoms with van der Waals surface area (Å²) in [5.74, 6) is -0.890. The summed E-state index contributed by atoms with van der Waals surface area (Å²) in [6, 6.07) is 19.2. The highest BCUT2D eigenvalue weighted by Crippen LogP contribution is 2.33. The molecular formula is C27H21ClN6O4. The van der Waals surface area contributed by atoms with Crippen molar-refractivity contribution in [1.82, 2.24) is 20.2 Å². The topological polar surface area (TPSA) is 142 Å². The maximum atomic E-state index is 13.0. The average molecular weight is 529 g/mol. The summed E-state index contributed by atoms with van der Waals surface area (Å²) in [5, 5.41) is 13.6. The molecule has 5 rings (SSSR count). The predicted molar refractivity (Wildman–Crippen MR) is 145 cm³/mol. The molecule has 0 radical (unpaired) electrons. The molecular weight excluding hydrogens is 508 g/mol. The molecule has 10 nitrogen and oxygen atoms in total. The van der Waals surface area contributed by atoms with Crippen LogP contribution in [0.25, 0.3) is 33.4 Å².